The zero-order valence-electron chi connectivity index (χ0n) is 10.8. The van der Waals surface area contributed by atoms with Crippen molar-refractivity contribution in [2.75, 3.05) is 26.7 Å². The van der Waals surface area contributed by atoms with Gasteiger partial charge in [-0.2, -0.15) is 0 Å². The van der Waals surface area contributed by atoms with Crippen molar-refractivity contribution in [3.05, 3.63) is 34.9 Å². The molecule has 18 heavy (non-hydrogen) atoms. The Morgan fingerprint density at radius 3 is 2.61 bits per heavy atom. The molecule has 1 aliphatic rings. The van der Waals surface area contributed by atoms with E-state index in [2.05, 4.69) is 16.3 Å². The van der Waals surface area contributed by atoms with Crippen molar-refractivity contribution in [3.63, 3.8) is 0 Å². The molecule has 1 saturated heterocycles. The molecule has 0 aliphatic carbocycles. The van der Waals surface area contributed by atoms with Crippen molar-refractivity contribution in [2.45, 2.75) is 25.0 Å². The molecule has 0 aromatic heterocycles. The molecule has 3 nitrogen and oxygen atoms in total. The second-order valence-electron chi connectivity index (χ2n) is 5.12. The van der Waals surface area contributed by atoms with Gasteiger partial charge in [0.15, 0.2) is 0 Å². The van der Waals surface area contributed by atoms with Gasteiger partial charge < -0.3 is 10.4 Å². The van der Waals surface area contributed by atoms with Gasteiger partial charge in [-0.1, -0.05) is 29.8 Å². The second-order valence-corrected chi connectivity index (χ2v) is 5.53. The predicted molar refractivity (Wildman–Crippen MR) is 74.8 cm³/mol. The molecule has 2 rings (SSSR count). The summed E-state index contributed by atoms with van der Waals surface area (Å²) in [5.41, 5.74) is 0.629. The number of benzene rings is 1. The van der Waals surface area contributed by atoms with Crippen LogP contribution in [-0.4, -0.2) is 42.3 Å². The number of hydrogen-bond donors (Lipinski definition) is 2. The minimum atomic E-state index is -0.536. The molecule has 1 aromatic rings. The molecule has 100 valence electrons. The molecule has 0 atom stereocenters. The van der Waals surface area contributed by atoms with Crippen LogP contribution in [0.15, 0.2) is 24.3 Å². The van der Waals surface area contributed by atoms with Crippen molar-refractivity contribution >= 4 is 11.6 Å². The van der Waals surface area contributed by atoms with Gasteiger partial charge in [-0.3, -0.25) is 4.90 Å². The summed E-state index contributed by atoms with van der Waals surface area (Å²) in [6, 6.07) is 7.96. The van der Waals surface area contributed by atoms with Gasteiger partial charge in [0.2, 0.25) is 0 Å². The number of likely N-dealkylation sites (N-methyl/N-ethyl adjacent to an activating group) is 1. The molecule has 0 bridgehead atoms. The average molecular weight is 269 g/mol. The molecule has 0 amide bonds. The van der Waals surface area contributed by atoms with Crippen LogP contribution in [0.3, 0.4) is 0 Å². The molecule has 4 heteroatoms. The zero-order valence-corrected chi connectivity index (χ0v) is 11.6. The smallest absolute Gasteiger partial charge is 0.0795 e. The lowest BCUT2D eigenvalue weighted by molar-refractivity contribution is -0.0203. The van der Waals surface area contributed by atoms with E-state index in [0.717, 1.165) is 37.5 Å². The fourth-order valence-corrected chi connectivity index (χ4v) is 2.70. The Balaban J connectivity index is 1.89. The van der Waals surface area contributed by atoms with Crippen LogP contribution in [0.2, 0.25) is 5.02 Å². The standard InChI is InChI=1S/C14H21ClN2O/c1-16-11-14(18)6-8-17(9-7-14)10-12-4-2-3-5-13(12)15/h2-5,16,18H,6-11H2,1H3. The third-order valence-electron chi connectivity index (χ3n) is 3.64. The topological polar surface area (TPSA) is 35.5 Å². The molecular weight excluding hydrogens is 248 g/mol. The summed E-state index contributed by atoms with van der Waals surface area (Å²) in [5.74, 6) is 0. The Bertz CT molecular complexity index is 389. The molecule has 0 spiro atoms. The lowest BCUT2D eigenvalue weighted by atomic mass is 9.91. The van der Waals surface area contributed by atoms with Crippen LogP contribution in [0, 0.1) is 0 Å². The first-order valence-corrected chi connectivity index (χ1v) is 6.83. The van der Waals surface area contributed by atoms with E-state index >= 15 is 0 Å². The highest BCUT2D eigenvalue weighted by Gasteiger charge is 2.31. The van der Waals surface area contributed by atoms with Crippen molar-refractivity contribution in [1.29, 1.82) is 0 Å². The fraction of sp³-hybridized carbons (Fsp3) is 0.571. The summed E-state index contributed by atoms with van der Waals surface area (Å²) < 4.78 is 0. The summed E-state index contributed by atoms with van der Waals surface area (Å²) in [5, 5.41) is 14.2. The quantitative estimate of drug-likeness (QED) is 0.875. The maximum absolute atomic E-state index is 10.3. The van der Waals surface area contributed by atoms with Crippen molar-refractivity contribution < 1.29 is 5.11 Å². The van der Waals surface area contributed by atoms with Crippen LogP contribution >= 0.6 is 11.6 Å². The SMILES string of the molecule is CNCC1(O)CCN(Cc2ccccc2Cl)CC1. The van der Waals surface area contributed by atoms with Gasteiger partial charge in [0.05, 0.1) is 5.60 Å². The molecule has 0 unspecified atom stereocenters. The van der Waals surface area contributed by atoms with Crippen LogP contribution in [0.4, 0.5) is 0 Å². The first-order valence-electron chi connectivity index (χ1n) is 6.46. The number of rotatable bonds is 4. The van der Waals surface area contributed by atoms with Gasteiger partial charge in [-0.05, 0) is 31.5 Å². The largest absolute Gasteiger partial charge is 0.388 e. The maximum Gasteiger partial charge on any atom is 0.0795 e. The number of aliphatic hydroxyl groups is 1. The minimum Gasteiger partial charge on any atom is -0.388 e. The van der Waals surface area contributed by atoms with Crippen LogP contribution in [-0.2, 0) is 6.54 Å². The average Bonchev–Trinajstić information content (AvgIpc) is 2.35. The summed E-state index contributed by atoms with van der Waals surface area (Å²) in [6.45, 7) is 3.38. The Labute approximate surface area is 114 Å². The summed E-state index contributed by atoms with van der Waals surface area (Å²) in [4.78, 5) is 2.35. The van der Waals surface area contributed by atoms with Crippen molar-refractivity contribution in [3.8, 4) is 0 Å². The highest BCUT2D eigenvalue weighted by molar-refractivity contribution is 6.31. The van der Waals surface area contributed by atoms with Crippen molar-refractivity contribution in [2.24, 2.45) is 0 Å². The van der Waals surface area contributed by atoms with E-state index in [0.29, 0.717) is 6.54 Å². The fourth-order valence-electron chi connectivity index (χ4n) is 2.50. The minimum absolute atomic E-state index is 0.536. The van der Waals surface area contributed by atoms with Gasteiger partial charge in [-0.25, -0.2) is 0 Å². The van der Waals surface area contributed by atoms with E-state index in [-0.39, 0.29) is 0 Å². The van der Waals surface area contributed by atoms with Gasteiger partial charge >= 0.3 is 0 Å². The van der Waals surface area contributed by atoms with Crippen LogP contribution in [0.25, 0.3) is 0 Å². The Kier molecular flexibility index (Phi) is 4.62. The lowest BCUT2D eigenvalue weighted by Crippen LogP contribution is -2.49. The molecule has 0 radical (unpaired) electrons. The van der Waals surface area contributed by atoms with E-state index in [9.17, 15) is 5.11 Å². The second kappa shape index (κ2) is 6.02. The van der Waals surface area contributed by atoms with Gasteiger partial charge in [0.25, 0.3) is 0 Å². The van der Waals surface area contributed by atoms with Crippen molar-refractivity contribution in [1.82, 2.24) is 10.2 Å². The van der Waals surface area contributed by atoms with Crippen LogP contribution < -0.4 is 5.32 Å². The normalized spacial score (nSPS) is 19.9. The molecule has 0 saturated carbocycles. The van der Waals surface area contributed by atoms with E-state index in [4.69, 9.17) is 11.6 Å². The van der Waals surface area contributed by atoms with E-state index in [1.54, 1.807) is 0 Å². The summed E-state index contributed by atoms with van der Waals surface area (Å²) in [6.07, 6.45) is 1.64. The zero-order chi connectivity index (χ0) is 13.0. The number of nitrogens with one attached hydrogen (secondary N) is 1. The third kappa shape index (κ3) is 3.45. The predicted octanol–water partition coefficient (Wildman–Crippen LogP) is 1.89. The highest BCUT2D eigenvalue weighted by atomic mass is 35.5. The molecular formula is C14H21ClN2O. The molecule has 1 aromatic carbocycles. The maximum atomic E-state index is 10.3. The Morgan fingerprint density at radius 2 is 2.00 bits per heavy atom. The Hall–Kier alpha value is -0.610. The first-order chi connectivity index (χ1) is 8.63. The lowest BCUT2D eigenvalue weighted by Gasteiger charge is -2.38. The number of hydrogen-bond acceptors (Lipinski definition) is 3. The number of piperidine rings is 1. The molecule has 1 heterocycles. The molecule has 1 aliphatic heterocycles. The number of nitrogens with zero attached hydrogens (tertiary/aromatic N) is 1. The van der Waals surface area contributed by atoms with Gasteiger partial charge in [0.1, 0.15) is 0 Å². The molecule has 1 fully saturated rings. The molecule has 2 N–H and O–H groups in total. The van der Waals surface area contributed by atoms with E-state index in [1.807, 2.05) is 25.2 Å². The Morgan fingerprint density at radius 1 is 1.33 bits per heavy atom. The first kappa shape index (κ1) is 13.8. The number of halogens is 1. The van der Waals surface area contributed by atoms with Crippen LogP contribution in [0.1, 0.15) is 18.4 Å². The van der Waals surface area contributed by atoms with Gasteiger partial charge in [0, 0.05) is 31.2 Å². The van der Waals surface area contributed by atoms with E-state index in [1.165, 1.54) is 5.56 Å². The highest BCUT2D eigenvalue weighted by Crippen LogP contribution is 2.24. The third-order valence-corrected chi connectivity index (χ3v) is 4.01. The van der Waals surface area contributed by atoms with E-state index < -0.39 is 5.60 Å². The van der Waals surface area contributed by atoms with Gasteiger partial charge in [-0.15, -0.1) is 0 Å². The monoisotopic (exact) mass is 268 g/mol. The summed E-state index contributed by atoms with van der Waals surface area (Å²) in [7, 11) is 1.88. The van der Waals surface area contributed by atoms with Crippen LogP contribution in [0.5, 0.6) is 0 Å². The summed E-state index contributed by atoms with van der Waals surface area (Å²) >= 11 is 6.16. The number of likely N-dealkylation sites (tertiary alicyclic amines) is 1.